The molecule has 0 aromatic heterocycles. The normalized spacial score (nSPS) is 23.9. The molecule has 1 atom stereocenters. The van der Waals surface area contributed by atoms with Gasteiger partial charge in [-0.15, -0.1) is 0 Å². The summed E-state index contributed by atoms with van der Waals surface area (Å²) in [4.78, 5) is 42.3. The van der Waals surface area contributed by atoms with Crippen molar-refractivity contribution >= 4 is 29.5 Å². The lowest BCUT2D eigenvalue weighted by Gasteiger charge is -2.53. The highest BCUT2D eigenvalue weighted by atomic mass is 35.5. The van der Waals surface area contributed by atoms with E-state index in [1.165, 1.54) is 10.5 Å². The predicted molar refractivity (Wildman–Crippen MR) is 135 cm³/mol. The minimum atomic E-state index is -0.920. The van der Waals surface area contributed by atoms with Gasteiger partial charge in [-0.2, -0.15) is 0 Å². The summed E-state index contributed by atoms with van der Waals surface area (Å²) in [7, 11) is 0. The number of Topliss-reactive ketones (excluding diaryl/α,β-unsaturated/α-hetero) is 1. The molecule has 3 fully saturated rings. The van der Waals surface area contributed by atoms with Crippen LogP contribution >= 0.6 is 11.6 Å². The number of carbonyl (C=O) groups is 3. The molecule has 4 aliphatic rings. The Morgan fingerprint density at radius 3 is 2.56 bits per heavy atom. The third-order valence-corrected chi connectivity index (χ3v) is 9.00. The predicted octanol–water partition coefficient (Wildman–Crippen LogP) is 4.21. The highest BCUT2D eigenvalue weighted by Gasteiger charge is 2.48. The molecule has 36 heavy (non-hydrogen) atoms. The molecule has 1 aromatic carbocycles. The van der Waals surface area contributed by atoms with Crippen LogP contribution in [0.4, 0.5) is 9.59 Å². The number of ketones is 1. The largest absolute Gasteiger partial charge is 0.465 e. The minimum Gasteiger partial charge on any atom is -0.465 e. The second kappa shape index (κ2) is 9.53. The zero-order chi connectivity index (χ0) is 25.7. The van der Waals surface area contributed by atoms with Crippen LogP contribution in [0.25, 0.3) is 0 Å². The average molecular weight is 518 g/mol. The Balaban J connectivity index is 1.31. The lowest BCUT2D eigenvalue weighted by atomic mass is 9.68. The van der Waals surface area contributed by atoms with E-state index >= 15 is 0 Å². The van der Waals surface area contributed by atoms with Crippen molar-refractivity contribution in [2.24, 2.45) is 10.8 Å². The Morgan fingerprint density at radius 1 is 1.14 bits per heavy atom. The van der Waals surface area contributed by atoms with Crippen molar-refractivity contribution in [1.29, 1.82) is 0 Å². The van der Waals surface area contributed by atoms with Crippen molar-refractivity contribution in [2.75, 3.05) is 39.4 Å². The summed E-state index contributed by atoms with van der Waals surface area (Å²) in [6.45, 7) is 7.98. The Bertz CT molecular complexity index is 1060. The quantitative estimate of drug-likeness (QED) is 0.648. The maximum absolute atomic E-state index is 13.4. The molecule has 0 bridgehead atoms. The smallest absolute Gasteiger partial charge is 0.407 e. The number of ether oxygens (including phenoxy) is 1. The van der Waals surface area contributed by atoms with Crippen LogP contribution in [0.2, 0.25) is 5.02 Å². The number of halogens is 1. The fourth-order valence-electron chi connectivity index (χ4n) is 6.59. The van der Waals surface area contributed by atoms with Crippen LogP contribution in [0.1, 0.15) is 56.2 Å². The van der Waals surface area contributed by atoms with Gasteiger partial charge in [-0.3, -0.25) is 4.79 Å². The Morgan fingerprint density at radius 2 is 1.86 bits per heavy atom. The van der Waals surface area contributed by atoms with E-state index in [0.29, 0.717) is 62.9 Å². The van der Waals surface area contributed by atoms with Gasteiger partial charge in [0.2, 0.25) is 0 Å². The van der Waals surface area contributed by atoms with Crippen molar-refractivity contribution in [2.45, 2.75) is 65.0 Å². The molecule has 9 heteroatoms. The molecule has 3 heterocycles. The van der Waals surface area contributed by atoms with Crippen LogP contribution in [-0.2, 0) is 28.9 Å². The van der Waals surface area contributed by atoms with Gasteiger partial charge in [0.25, 0.3) is 0 Å². The molecular formula is C27H36ClN3O5. The van der Waals surface area contributed by atoms with Gasteiger partial charge in [0.15, 0.2) is 0 Å². The number of morpholine rings is 1. The molecule has 1 aromatic rings. The van der Waals surface area contributed by atoms with Crippen molar-refractivity contribution in [3.05, 3.63) is 33.8 Å². The number of benzene rings is 1. The molecule has 0 unspecified atom stereocenters. The van der Waals surface area contributed by atoms with Crippen LogP contribution in [-0.4, -0.2) is 83.1 Å². The Kier molecular flexibility index (Phi) is 6.70. The Hall–Kier alpha value is -2.32. The molecule has 0 radical (unpaired) electrons. The fraction of sp³-hybridized carbons (Fsp3) is 0.667. The highest BCUT2D eigenvalue weighted by molar-refractivity contribution is 6.30. The van der Waals surface area contributed by atoms with Crippen molar-refractivity contribution < 1.29 is 24.2 Å². The van der Waals surface area contributed by atoms with Crippen LogP contribution < -0.4 is 0 Å². The van der Waals surface area contributed by atoms with Gasteiger partial charge in [0.05, 0.1) is 19.3 Å². The van der Waals surface area contributed by atoms with E-state index in [-0.39, 0.29) is 22.9 Å². The molecular weight excluding hydrogens is 482 g/mol. The number of fused-ring (bicyclic) bond motifs is 1. The van der Waals surface area contributed by atoms with Crippen molar-refractivity contribution in [1.82, 2.24) is 14.7 Å². The van der Waals surface area contributed by atoms with Gasteiger partial charge >= 0.3 is 12.1 Å². The molecule has 3 aliphatic heterocycles. The van der Waals surface area contributed by atoms with E-state index in [2.05, 4.69) is 13.8 Å². The maximum Gasteiger partial charge on any atom is 0.407 e. The van der Waals surface area contributed by atoms with Gasteiger partial charge in [-0.1, -0.05) is 25.4 Å². The van der Waals surface area contributed by atoms with Crippen LogP contribution in [0.5, 0.6) is 0 Å². The van der Waals surface area contributed by atoms with Gasteiger partial charge < -0.3 is 24.5 Å². The first-order valence-corrected chi connectivity index (χ1v) is 13.4. The van der Waals surface area contributed by atoms with E-state index in [4.69, 9.17) is 16.3 Å². The second-order valence-electron chi connectivity index (χ2n) is 11.8. The molecule has 5 rings (SSSR count). The highest BCUT2D eigenvalue weighted by Crippen LogP contribution is 2.43. The number of amides is 3. The molecule has 8 nitrogen and oxygen atoms in total. The lowest BCUT2D eigenvalue weighted by Crippen LogP contribution is -2.62. The zero-order valence-corrected chi connectivity index (χ0v) is 22.0. The zero-order valence-electron chi connectivity index (χ0n) is 21.2. The summed E-state index contributed by atoms with van der Waals surface area (Å²) in [6.07, 6.45) is 3.54. The molecule has 1 aliphatic carbocycles. The van der Waals surface area contributed by atoms with Crippen LogP contribution in [0, 0.1) is 10.8 Å². The first kappa shape index (κ1) is 25.3. The number of hydrogen-bond acceptors (Lipinski definition) is 4. The third-order valence-electron chi connectivity index (χ3n) is 8.78. The second-order valence-corrected chi connectivity index (χ2v) is 12.2. The van der Waals surface area contributed by atoms with E-state index in [1.54, 1.807) is 0 Å². The Labute approximate surface area is 217 Å². The number of urea groups is 1. The van der Waals surface area contributed by atoms with Crippen molar-refractivity contribution in [3.63, 3.8) is 0 Å². The first-order chi connectivity index (χ1) is 17.1. The lowest BCUT2D eigenvalue weighted by molar-refractivity contribution is -0.125. The van der Waals surface area contributed by atoms with E-state index < -0.39 is 6.09 Å². The molecule has 1 saturated carbocycles. The summed E-state index contributed by atoms with van der Waals surface area (Å²) >= 11 is 6.51. The number of carboxylic acid groups (broad SMARTS) is 1. The number of rotatable bonds is 3. The first-order valence-electron chi connectivity index (χ1n) is 13.0. The van der Waals surface area contributed by atoms with Gasteiger partial charge in [-0.25, -0.2) is 9.59 Å². The summed E-state index contributed by atoms with van der Waals surface area (Å²) in [5.74, 6) is 0.346. The number of nitrogens with zero attached hydrogens (tertiary/aromatic N) is 3. The average Bonchev–Trinajstić information content (AvgIpc) is 2.82. The van der Waals surface area contributed by atoms with E-state index in [0.717, 1.165) is 43.5 Å². The standard InChI is InChI=1S/C27H36ClN3O5/c1-26(2,23-15-36-10-9-31(23)25(34)35)13-19-12-20(28)11-18-5-8-29(14-22(18)19)24(33)30-16-27(17-30)6-3-21(32)4-7-27/h11-12,23H,3-10,13-17H2,1-2H3,(H,34,35)/t23-/m0/s1. The van der Waals surface area contributed by atoms with Gasteiger partial charge in [0.1, 0.15) is 5.78 Å². The van der Waals surface area contributed by atoms with Crippen LogP contribution in [0.15, 0.2) is 12.1 Å². The minimum absolute atomic E-state index is 0.0704. The molecule has 1 N–H and O–H groups in total. The number of hydrogen-bond donors (Lipinski definition) is 1. The molecule has 2 saturated heterocycles. The third kappa shape index (κ3) is 4.82. The number of likely N-dealkylation sites (tertiary alicyclic amines) is 1. The molecule has 196 valence electrons. The maximum atomic E-state index is 13.4. The molecule has 1 spiro atoms. The summed E-state index contributed by atoms with van der Waals surface area (Å²) in [5, 5.41) is 10.4. The SMILES string of the molecule is CC(C)(Cc1cc(Cl)cc2c1CN(C(=O)N1CC3(CCC(=O)CC3)C1)CC2)[C@@H]1COCCN1C(=O)O. The van der Waals surface area contributed by atoms with Crippen molar-refractivity contribution in [3.8, 4) is 0 Å². The van der Waals surface area contributed by atoms with E-state index in [9.17, 15) is 19.5 Å². The van der Waals surface area contributed by atoms with Crippen LogP contribution in [0.3, 0.4) is 0 Å². The fourth-order valence-corrected chi connectivity index (χ4v) is 6.85. The summed E-state index contributed by atoms with van der Waals surface area (Å²) in [6, 6.07) is 3.78. The monoisotopic (exact) mass is 517 g/mol. The molecule has 3 amide bonds. The number of carbonyl (C=O) groups excluding carboxylic acids is 2. The van der Waals surface area contributed by atoms with Gasteiger partial charge in [-0.05, 0) is 59.9 Å². The van der Waals surface area contributed by atoms with E-state index in [1.807, 2.05) is 21.9 Å². The summed E-state index contributed by atoms with van der Waals surface area (Å²) in [5.41, 5.74) is 3.12. The summed E-state index contributed by atoms with van der Waals surface area (Å²) < 4.78 is 5.66. The van der Waals surface area contributed by atoms with Gasteiger partial charge in [0, 0.05) is 56.0 Å². The topological polar surface area (TPSA) is 90.4 Å².